The number of hydrogen-bond acceptors (Lipinski definition) is 6. The molecule has 1 N–H and O–H groups in total. The highest BCUT2D eigenvalue weighted by Crippen LogP contribution is 2.35. The molecule has 1 aliphatic heterocycles. The molecule has 1 aromatic carbocycles. The predicted molar refractivity (Wildman–Crippen MR) is 95.8 cm³/mol. The summed E-state index contributed by atoms with van der Waals surface area (Å²) >= 11 is 11.7. The van der Waals surface area contributed by atoms with Gasteiger partial charge in [0.1, 0.15) is 11.0 Å². The number of anilines is 1. The van der Waals surface area contributed by atoms with Gasteiger partial charge in [0.2, 0.25) is 6.79 Å². The van der Waals surface area contributed by atoms with Crippen molar-refractivity contribution in [1.29, 1.82) is 0 Å². The molecule has 0 fully saturated rings. The van der Waals surface area contributed by atoms with E-state index < -0.39 is 5.91 Å². The van der Waals surface area contributed by atoms with E-state index in [0.717, 1.165) is 5.56 Å². The van der Waals surface area contributed by atoms with Crippen LogP contribution in [0.15, 0.2) is 42.7 Å². The van der Waals surface area contributed by atoms with E-state index in [2.05, 4.69) is 20.3 Å². The highest BCUT2D eigenvalue weighted by molar-refractivity contribution is 6.41. The average Bonchev–Trinajstić information content (AvgIpc) is 3.12. The number of carbonyl (C=O) groups excluding carboxylic acids is 1. The number of benzene rings is 1. The minimum Gasteiger partial charge on any atom is -0.454 e. The van der Waals surface area contributed by atoms with Gasteiger partial charge in [0, 0.05) is 18.0 Å². The molecule has 7 nitrogen and oxygen atoms in total. The van der Waals surface area contributed by atoms with Gasteiger partial charge in [0.15, 0.2) is 17.3 Å². The van der Waals surface area contributed by atoms with E-state index in [1.165, 1.54) is 12.3 Å². The summed E-state index contributed by atoms with van der Waals surface area (Å²) < 4.78 is 10.6. The smallest absolute Gasteiger partial charge is 0.258 e. The Hall–Kier alpha value is -2.90. The molecular formula is C17H10Cl2N4O3. The number of aromatic nitrogens is 3. The summed E-state index contributed by atoms with van der Waals surface area (Å²) in [7, 11) is 0. The molecule has 26 heavy (non-hydrogen) atoms. The molecule has 2 aromatic heterocycles. The first kappa shape index (κ1) is 16.6. The van der Waals surface area contributed by atoms with Gasteiger partial charge in [-0.1, -0.05) is 23.2 Å². The molecule has 0 atom stereocenters. The van der Waals surface area contributed by atoms with Gasteiger partial charge >= 0.3 is 0 Å². The van der Waals surface area contributed by atoms with Crippen LogP contribution >= 0.6 is 23.2 Å². The van der Waals surface area contributed by atoms with Gasteiger partial charge in [0.25, 0.3) is 5.91 Å². The molecule has 0 saturated carbocycles. The number of nitrogens with one attached hydrogen (secondary N) is 1. The standard InChI is InChI=1S/C17H10Cl2N4O3/c18-11-5-10(7-21-15(11)19)17(24)23-14-3-4-20-16(22-14)9-1-2-12-13(6-9)26-8-25-12/h1-7H,8H2,(H,20,22,23,24). The van der Waals surface area contributed by atoms with Crippen molar-refractivity contribution in [3.8, 4) is 22.9 Å². The topological polar surface area (TPSA) is 86.2 Å². The second-order valence-corrected chi connectivity index (χ2v) is 6.05. The normalized spacial score (nSPS) is 12.1. The van der Waals surface area contributed by atoms with Gasteiger partial charge < -0.3 is 14.8 Å². The Kier molecular flexibility index (Phi) is 4.32. The van der Waals surface area contributed by atoms with Crippen LogP contribution in [0.4, 0.5) is 5.82 Å². The summed E-state index contributed by atoms with van der Waals surface area (Å²) in [6, 6.07) is 8.41. The van der Waals surface area contributed by atoms with Crippen LogP contribution in [0.25, 0.3) is 11.4 Å². The SMILES string of the molecule is O=C(Nc1ccnc(-c2ccc3c(c2)OCO3)n1)c1cnc(Cl)c(Cl)c1. The molecule has 3 aromatic rings. The second-order valence-electron chi connectivity index (χ2n) is 5.28. The lowest BCUT2D eigenvalue weighted by Crippen LogP contribution is -2.13. The van der Waals surface area contributed by atoms with Crippen LogP contribution in [0, 0.1) is 0 Å². The summed E-state index contributed by atoms with van der Waals surface area (Å²) in [6.45, 7) is 0.188. The third-order valence-corrected chi connectivity index (χ3v) is 4.27. The predicted octanol–water partition coefficient (Wildman–Crippen LogP) is 3.83. The minimum atomic E-state index is -0.411. The Morgan fingerprint density at radius 1 is 1.08 bits per heavy atom. The molecule has 1 aliphatic rings. The number of carbonyl (C=O) groups is 1. The number of amides is 1. The number of pyridine rings is 1. The first-order valence-electron chi connectivity index (χ1n) is 7.45. The van der Waals surface area contributed by atoms with Gasteiger partial charge in [0.05, 0.1) is 10.6 Å². The molecular weight excluding hydrogens is 379 g/mol. The number of fused-ring (bicyclic) bond motifs is 1. The zero-order valence-electron chi connectivity index (χ0n) is 13.1. The minimum absolute atomic E-state index is 0.135. The third-order valence-electron chi connectivity index (χ3n) is 3.59. The molecule has 0 radical (unpaired) electrons. The van der Waals surface area contributed by atoms with Gasteiger partial charge in [-0.2, -0.15) is 0 Å². The van der Waals surface area contributed by atoms with E-state index in [0.29, 0.717) is 23.1 Å². The van der Waals surface area contributed by atoms with Gasteiger partial charge in [-0.25, -0.2) is 15.0 Å². The van der Waals surface area contributed by atoms with Crippen LogP contribution in [0.3, 0.4) is 0 Å². The zero-order chi connectivity index (χ0) is 18.1. The fourth-order valence-electron chi connectivity index (χ4n) is 2.34. The second kappa shape index (κ2) is 6.78. The van der Waals surface area contributed by atoms with Crippen molar-refractivity contribution in [3.63, 3.8) is 0 Å². The van der Waals surface area contributed by atoms with E-state index in [1.54, 1.807) is 24.4 Å². The largest absolute Gasteiger partial charge is 0.454 e. The van der Waals surface area contributed by atoms with E-state index in [1.807, 2.05) is 6.07 Å². The van der Waals surface area contributed by atoms with Crippen LogP contribution in [0.2, 0.25) is 10.2 Å². The summed E-state index contributed by atoms with van der Waals surface area (Å²) in [4.78, 5) is 24.8. The van der Waals surface area contributed by atoms with E-state index in [4.69, 9.17) is 32.7 Å². The lowest BCUT2D eigenvalue weighted by molar-refractivity contribution is 0.102. The Morgan fingerprint density at radius 3 is 2.77 bits per heavy atom. The molecule has 0 spiro atoms. The monoisotopic (exact) mass is 388 g/mol. The third kappa shape index (κ3) is 3.26. The maximum absolute atomic E-state index is 12.3. The summed E-state index contributed by atoms with van der Waals surface area (Å²) in [5.74, 6) is 1.66. The fourth-order valence-corrected chi connectivity index (χ4v) is 2.61. The van der Waals surface area contributed by atoms with Crippen molar-refractivity contribution < 1.29 is 14.3 Å². The molecule has 0 aliphatic carbocycles. The summed E-state index contributed by atoms with van der Waals surface area (Å²) in [6.07, 6.45) is 2.89. The number of halogens is 2. The van der Waals surface area contributed by atoms with Gasteiger partial charge in [-0.3, -0.25) is 4.79 Å². The van der Waals surface area contributed by atoms with E-state index in [9.17, 15) is 4.79 Å². The fraction of sp³-hybridized carbons (Fsp3) is 0.0588. The molecule has 3 heterocycles. The molecule has 0 unspecified atom stereocenters. The molecule has 130 valence electrons. The van der Waals surface area contributed by atoms with Crippen molar-refractivity contribution in [2.24, 2.45) is 0 Å². The first-order chi connectivity index (χ1) is 12.6. The Bertz CT molecular complexity index is 1010. The summed E-state index contributed by atoms with van der Waals surface area (Å²) in [5.41, 5.74) is 1.00. The number of nitrogens with zero attached hydrogens (tertiary/aromatic N) is 3. The maximum Gasteiger partial charge on any atom is 0.258 e. The van der Waals surface area contributed by atoms with Gasteiger partial charge in [-0.15, -0.1) is 0 Å². The number of ether oxygens (including phenoxy) is 2. The lowest BCUT2D eigenvalue weighted by Gasteiger charge is -2.07. The average molecular weight is 389 g/mol. The molecule has 1 amide bonds. The van der Waals surface area contributed by atoms with Crippen LogP contribution in [-0.4, -0.2) is 27.7 Å². The zero-order valence-corrected chi connectivity index (χ0v) is 14.6. The number of hydrogen-bond donors (Lipinski definition) is 1. The van der Waals surface area contributed by atoms with Crippen molar-refractivity contribution in [2.75, 3.05) is 12.1 Å². The Balaban J connectivity index is 1.57. The van der Waals surface area contributed by atoms with Crippen molar-refractivity contribution in [1.82, 2.24) is 15.0 Å². The van der Waals surface area contributed by atoms with Crippen molar-refractivity contribution >= 4 is 34.9 Å². The quantitative estimate of drug-likeness (QED) is 0.686. The maximum atomic E-state index is 12.3. The Morgan fingerprint density at radius 2 is 1.92 bits per heavy atom. The molecule has 9 heteroatoms. The van der Waals surface area contributed by atoms with Crippen LogP contribution in [-0.2, 0) is 0 Å². The first-order valence-corrected chi connectivity index (χ1v) is 8.21. The lowest BCUT2D eigenvalue weighted by atomic mass is 10.2. The molecule has 0 bridgehead atoms. The Labute approximate surface area is 157 Å². The highest BCUT2D eigenvalue weighted by Gasteiger charge is 2.16. The van der Waals surface area contributed by atoms with Crippen LogP contribution in [0.5, 0.6) is 11.5 Å². The van der Waals surface area contributed by atoms with Crippen molar-refractivity contribution in [3.05, 3.63) is 58.5 Å². The van der Waals surface area contributed by atoms with Crippen LogP contribution in [0.1, 0.15) is 10.4 Å². The van der Waals surface area contributed by atoms with E-state index in [-0.39, 0.29) is 22.5 Å². The number of rotatable bonds is 3. The summed E-state index contributed by atoms with van der Waals surface area (Å²) in [5, 5.41) is 3.01. The van der Waals surface area contributed by atoms with E-state index >= 15 is 0 Å². The van der Waals surface area contributed by atoms with Gasteiger partial charge in [-0.05, 0) is 30.3 Å². The van der Waals surface area contributed by atoms with Crippen molar-refractivity contribution in [2.45, 2.75) is 0 Å². The highest BCUT2D eigenvalue weighted by atomic mass is 35.5. The molecule has 4 rings (SSSR count). The van der Waals surface area contributed by atoms with Crippen LogP contribution < -0.4 is 14.8 Å². The molecule has 0 saturated heterocycles.